The molecule has 0 bridgehead atoms. The molecule has 0 aliphatic heterocycles. The first-order chi connectivity index (χ1) is 10.4. The second-order valence-corrected chi connectivity index (χ2v) is 9.48. The van der Waals surface area contributed by atoms with E-state index in [-0.39, 0.29) is 51.0 Å². The van der Waals surface area contributed by atoms with Gasteiger partial charge in [-0.15, -0.1) is 12.8 Å². The molecule has 26 heavy (non-hydrogen) atoms. The maximum atomic E-state index is 3.30. The zero-order valence-corrected chi connectivity index (χ0v) is 23.5. The second-order valence-electron chi connectivity index (χ2n) is 8.32. The molecule has 0 heterocycles. The van der Waals surface area contributed by atoms with Crippen LogP contribution in [-0.4, -0.2) is 9.52 Å². The van der Waals surface area contributed by atoms with Crippen LogP contribution in [0.3, 0.4) is 0 Å². The van der Waals surface area contributed by atoms with Gasteiger partial charge in [-0.2, -0.15) is 23.3 Å². The maximum absolute atomic E-state index is 3.30. The van der Waals surface area contributed by atoms with Crippen molar-refractivity contribution in [2.75, 3.05) is 0 Å². The third-order valence-electron chi connectivity index (χ3n) is 3.77. The van der Waals surface area contributed by atoms with Gasteiger partial charge in [0.2, 0.25) is 0 Å². The van der Waals surface area contributed by atoms with Crippen molar-refractivity contribution in [1.82, 2.24) is 0 Å². The van der Waals surface area contributed by atoms with Crippen LogP contribution in [0.25, 0.3) is 0 Å². The monoisotopic (exact) mass is 489 g/mol. The first kappa shape index (κ1) is 34.2. The number of allylic oxidation sites excluding steroid dienone is 8. The molecule has 2 aliphatic rings. The largest absolute Gasteiger partial charge is 4.00 e. The Balaban J connectivity index is -0.000000147. The Hall–Kier alpha value is 0.640. The van der Waals surface area contributed by atoms with Crippen molar-refractivity contribution in [3.05, 3.63) is 46.6 Å². The smallest absolute Gasteiger partial charge is 1.00 e. The van der Waals surface area contributed by atoms with Gasteiger partial charge < -0.3 is 24.8 Å². The topological polar surface area (TPSA) is 0 Å². The van der Waals surface area contributed by atoms with Crippen LogP contribution in [0.5, 0.6) is 0 Å². The van der Waals surface area contributed by atoms with Gasteiger partial charge in [-0.1, -0.05) is 79.3 Å². The summed E-state index contributed by atoms with van der Waals surface area (Å²) in [6, 6.07) is 0. The van der Waals surface area contributed by atoms with Crippen molar-refractivity contribution in [2.24, 2.45) is 10.8 Å². The fourth-order valence-electron chi connectivity index (χ4n) is 2.85. The van der Waals surface area contributed by atoms with Crippen molar-refractivity contribution < 1.29 is 51.0 Å². The van der Waals surface area contributed by atoms with Gasteiger partial charge in [0, 0.05) is 9.52 Å². The summed E-state index contributed by atoms with van der Waals surface area (Å²) in [6.45, 7) is 22.2. The molecule has 0 nitrogen and oxygen atoms in total. The second kappa shape index (κ2) is 15.5. The van der Waals surface area contributed by atoms with Crippen LogP contribution in [0, 0.1) is 23.0 Å². The van der Waals surface area contributed by atoms with E-state index in [0.717, 1.165) is 22.4 Å². The van der Waals surface area contributed by atoms with Gasteiger partial charge in [-0.3, -0.25) is 12.2 Å². The summed E-state index contributed by atoms with van der Waals surface area (Å²) >= 11 is 0. The third-order valence-corrected chi connectivity index (χ3v) is 3.77. The third kappa shape index (κ3) is 12.9. The Kier molecular flexibility index (Phi) is 20.4. The van der Waals surface area contributed by atoms with Gasteiger partial charge in [-0.05, 0) is 0 Å². The first-order valence-corrected chi connectivity index (χ1v) is 11.1. The molecule has 0 unspecified atom stereocenters. The molecule has 0 N–H and O–H groups in total. The molecule has 0 spiro atoms. The van der Waals surface area contributed by atoms with Gasteiger partial charge in [0.1, 0.15) is 0 Å². The summed E-state index contributed by atoms with van der Waals surface area (Å²) in [4.78, 5) is 0. The van der Waals surface area contributed by atoms with Crippen LogP contribution in [-0.2, 0) is 26.2 Å². The molecular weight excluding hydrogens is 454 g/mol. The zero-order valence-electron chi connectivity index (χ0n) is 18.4. The molecule has 0 fully saturated rings. The normalized spacial score (nSPS) is 15.2. The van der Waals surface area contributed by atoms with E-state index in [4.69, 9.17) is 0 Å². The van der Waals surface area contributed by atoms with Crippen molar-refractivity contribution in [2.45, 2.75) is 81.3 Å². The van der Waals surface area contributed by atoms with E-state index in [2.05, 4.69) is 92.8 Å². The average Bonchev–Trinajstić information content (AvgIpc) is 2.97. The van der Waals surface area contributed by atoms with E-state index in [1.807, 2.05) is 0 Å². The Bertz CT molecular complexity index is 455. The van der Waals surface area contributed by atoms with E-state index >= 15 is 0 Å². The summed E-state index contributed by atoms with van der Waals surface area (Å²) in [5.41, 5.74) is 6.24. The van der Waals surface area contributed by atoms with Gasteiger partial charge in [0.15, 0.2) is 0 Å². The molecule has 0 saturated carbocycles. The van der Waals surface area contributed by atoms with Gasteiger partial charge >= 0.3 is 26.2 Å². The Morgan fingerprint density at radius 1 is 0.731 bits per heavy atom. The number of rotatable bonds is 0. The molecule has 0 saturated heterocycles. The number of hydrogen-bond acceptors (Lipinski definition) is 0. The quantitative estimate of drug-likeness (QED) is 0.347. The van der Waals surface area contributed by atoms with Crippen LogP contribution >= 0.6 is 0 Å². The van der Waals surface area contributed by atoms with Crippen molar-refractivity contribution in [3.63, 3.8) is 0 Å². The van der Waals surface area contributed by atoms with E-state index in [9.17, 15) is 0 Å². The molecule has 1 radical (unpaired) electrons. The molecular formula is C22H37Cl2SiZr. The first-order valence-electron chi connectivity index (χ1n) is 8.76. The van der Waals surface area contributed by atoms with Crippen LogP contribution in [0.15, 0.2) is 34.4 Å². The summed E-state index contributed by atoms with van der Waals surface area (Å²) in [7, 11) is 0.750. The molecule has 0 atom stereocenters. The van der Waals surface area contributed by atoms with Crippen LogP contribution in [0.4, 0.5) is 0 Å². The maximum Gasteiger partial charge on any atom is 4.00 e. The molecule has 0 aromatic carbocycles. The summed E-state index contributed by atoms with van der Waals surface area (Å²) < 4.78 is 0. The minimum absolute atomic E-state index is 0. The minimum atomic E-state index is 0. The molecule has 2 aliphatic carbocycles. The SMILES string of the molecule is CC1=[C-]CC=C1C(C)(C)C.CC1=[C-]CC=C1C(C)(C)C.C[SiH]C.[Cl-].[Cl-].[Zr+4]. The van der Waals surface area contributed by atoms with Crippen molar-refractivity contribution >= 4 is 9.52 Å². The summed E-state index contributed by atoms with van der Waals surface area (Å²) in [6.07, 6.45) is 13.2. The Labute approximate surface area is 198 Å². The standard InChI is InChI=1S/2C10H15.C2H7Si.2ClH.Zr/c2*1-8-6-5-7-9(8)10(2,3)4;1-3-2;;;/h2*7H,5H2,1-4H3;3H,1-2H3;2*1H;/q2*-1;;;;+4/p-2. The zero-order chi connectivity index (χ0) is 18.3. The number of halogens is 2. The van der Waals surface area contributed by atoms with Gasteiger partial charge in [-0.25, -0.2) is 11.1 Å². The van der Waals surface area contributed by atoms with Gasteiger partial charge in [0.25, 0.3) is 0 Å². The van der Waals surface area contributed by atoms with Crippen molar-refractivity contribution in [3.8, 4) is 0 Å². The van der Waals surface area contributed by atoms with E-state index in [0.29, 0.717) is 10.8 Å². The fourth-order valence-corrected chi connectivity index (χ4v) is 2.85. The van der Waals surface area contributed by atoms with E-state index in [1.165, 1.54) is 22.3 Å². The van der Waals surface area contributed by atoms with Crippen LogP contribution < -0.4 is 24.8 Å². The Morgan fingerprint density at radius 3 is 1.04 bits per heavy atom. The molecule has 4 heteroatoms. The van der Waals surface area contributed by atoms with Crippen LogP contribution in [0.2, 0.25) is 13.1 Å². The Morgan fingerprint density at radius 2 is 0.962 bits per heavy atom. The predicted octanol–water partition coefficient (Wildman–Crippen LogP) is 0.749. The van der Waals surface area contributed by atoms with E-state index < -0.39 is 0 Å². The summed E-state index contributed by atoms with van der Waals surface area (Å²) in [5, 5.41) is 0. The molecule has 2 rings (SSSR count). The molecule has 147 valence electrons. The van der Waals surface area contributed by atoms with E-state index in [1.54, 1.807) is 0 Å². The molecule has 0 aromatic heterocycles. The van der Waals surface area contributed by atoms with Crippen LogP contribution in [0.1, 0.15) is 68.2 Å². The van der Waals surface area contributed by atoms with Crippen molar-refractivity contribution in [1.29, 1.82) is 0 Å². The van der Waals surface area contributed by atoms with Gasteiger partial charge in [0.05, 0.1) is 0 Å². The number of hydrogen-bond donors (Lipinski definition) is 0. The molecule has 0 aromatic rings. The molecule has 0 amide bonds. The fraction of sp³-hybridized carbons (Fsp3) is 0.636. The minimum Gasteiger partial charge on any atom is -1.00 e. The predicted molar refractivity (Wildman–Crippen MR) is 108 cm³/mol. The summed E-state index contributed by atoms with van der Waals surface area (Å²) in [5.74, 6) is 0. The average molecular weight is 492 g/mol.